The van der Waals surface area contributed by atoms with Gasteiger partial charge in [-0.2, -0.15) is 0 Å². The van der Waals surface area contributed by atoms with Gasteiger partial charge in [-0.25, -0.2) is 4.79 Å². The molecule has 3 rings (SSSR count). The van der Waals surface area contributed by atoms with Gasteiger partial charge in [0.1, 0.15) is 5.75 Å². The third kappa shape index (κ3) is 1.50. The summed E-state index contributed by atoms with van der Waals surface area (Å²) in [5.41, 5.74) is -1.39. The van der Waals surface area contributed by atoms with E-state index in [0.29, 0.717) is 5.39 Å². The Labute approximate surface area is 110 Å². The van der Waals surface area contributed by atoms with Gasteiger partial charge in [0, 0.05) is 10.8 Å². The summed E-state index contributed by atoms with van der Waals surface area (Å²) in [6.45, 7) is 0. The summed E-state index contributed by atoms with van der Waals surface area (Å²) in [5.74, 6) is -1.30. The minimum absolute atomic E-state index is 0.0374. The fourth-order valence-electron chi connectivity index (χ4n) is 2.08. The largest absolute Gasteiger partial charge is 0.505 e. The standard InChI is InChI=1S/C13H7NO6/c15-8-2-1-5-6-3-9(16)10(17)4-7(6)13(18)20-12(5)11(8)14-19/h1-4,15-17H. The maximum absolute atomic E-state index is 11.9. The van der Waals surface area contributed by atoms with Crippen molar-refractivity contribution in [2.45, 2.75) is 0 Å². The van der Waals surface area contributed by atoms with Crippen molar-refractivity contribution in [3.05, 3.63) is 39.6 Å². The SMILES string of the molecule is O=Nc1c(O)ccc2c1oc(=O)c1cc(O)c(O)cc12. The maximum atomic E-state index is 11.9. The second-order valence-electron chi connectivity index (χ2n) is 4.18. The zero-order chi connectivity index (χ0) is 14.4. The highest BCUT2D eigenvalue weighted by Crippen LogP contribution is 2.39. The first kappa shape index (κ1) is 12.0. The van der Waals surface area contributed by atoms with Gasteiger partial charge in [-0.3, -0.25) is 0 Å². The maximum Gasteiger partial charge on any atom is 0.344 e. The number of benzene rings is 2. The zero-order valence-corrected chi connectivity index (χ0v) is 9.82. The van der Waals surface area contributed by atoms with Crippen LogP contribution in [-0.4, -0.2) is 15.3 Å². The molecule has 20 heavy (non-hydrogen) atoms. The topological polar surface area (TPSA) is 120 Å². The first-order valence-electron chi connectivity index (χ1n) is 5.50. The predicted molar refractivity (Wildman–Crippen MR) is 70.4 cm³/mol. The Morgan fingerprint density at radius 1 is 0.900 bits per heavy atom. The van der Waals surface area contributed by atoms with Crippen LogP contribution in [0.2, 0.25) is 0 Å². The predicted octanol–water partition coefficient (Wildman–Crippen LogP) is 2.46. The molecule has 0 atom stereocenters. The van der Waals surface area contributed by atoms with Gasteiger partial charge >= 0.3 is 5.63 Å². The second-order valence-corrected chi connectivity index (χ2v) is 4.18. The Morgan fingerprint density at radius 3 is 2.20 bits per heavy atom. The van der Waals surface area contributed by atoms with Crippen molar-refractivity contribution in [2.24, 2.45) is 5.18 Å². The number of nitrogens with zero attached hydrogens (tertiary/aromatic N) is 1. The third-order valence-corrected chi connectivity index (χ3v) is 3.02. The van der Waals surface area contributed by atoms with Crippen molar-refractivity contribution in [1.29, 1.82) is 0 Å². The third-order valence-electron chi connectivity index (χ3n) is 3.02. The van der Waals surface area contributed by atoms with Crippen molar-refractivity contribution < 1.29 is 19.7 Å². The normalized spacial score (nSPS) is 11.0. The molecule has 100 valence electrons. The molecule has 0 saturated heterocycles. The molecule has 0 saturated carbocycles. The minimum atomic E-state index is -0.821. The van der Waals surface area contributed by atoms with Crippen molar-refractivity contribution in [2.75, 3.05) is 0 Å². The molecule has 0 amide bonds. The van der Waals surface area contributed by atoms with E-state index in [9.17, 15) is 25.0 Å². The van der Waals surface area contributed by atoms with Crippen LogP contribution < -0.4 is 5.63 Å². The van der Waals surface area contributed by atoms with Gasteiger partial charge in [-0.15, -0.1) is 4.91 Å². The number of nitroso groups, excluding NO2 is 1. The summed E-state index contributed by atoms with van der Waals surface area (Å²) in [5, 5.41) is 31.7. The molecule has 0 radical (unpaired) electrons. The van der Waals surface area contributed by atoms with Crippen molar-refractivity contribution >= 4 is 27.4 Å². The summed E-state index contributed by atoms with van der Waals surface area (Å²) in [6.07, 6.45) is 0. The fourth-order valence-corrected chi connectivity index (χ4v) is 2.08. The molecule has 3 aromatic rings. The van der Waals surface area contributed by atoms with Crippen LogP contribution in [0.4, 0.5) is 5.69 Å². The monoisotopic (exact) mass is 273 g/mol. The number of hydrogen-bond acceptors (Lipinski definition) is 7. The zero-order valence-electron chi connectivity index (χ0n) is 9.82. The summed E-state index contributed by atoms with van der Waals surface area (Å²) in [7, 11) is 0. The second kappa shape index (κ2) is 3.95. The molecule has 0 aliphatic rings. The summed E-state index contributed by atoms with van der Waals surface area (Å²) < 4.78 is 4.97. The molecule has 0 fully saturated rings. The molecule has 7 nitrogen and oxygen atoms in total. The van der Waals surface area contributed by atoms with E-state index in [1.54, 1.807) is 0 Å². The van der Waals surface area contributed by atoms with Crippen LogP contribution in [0.15, 0.2) is 38.7 Å². The van der Waals surface area contributed by atoms with Gasteiger partial charge < -0.3 is 19.7 Å². The number of fused-ring (bicyclic) bond motifs is 3. The molecular formula is C13H7NO6. The van der Waals surface area contributed by atoms with Gasteiger partial charge in [0.2, 0.25) is 0 Å². The van der Waals surface area contributed by atoms with E-state index in [2.05, 4.69) is 5.18 Å². The number of hydrogen-bond donors (Lipinski definition) is 3. The Morgan fingerprint density at radius 2 is 1.55 bits per heavy atom. The number of rotatable bonds is 1. The quantitative estimate of drug-likeness (QED) is 0.271. The molecule has 0 spiro atoms. The molecule has 0 aliphatic carbocycles. The van der Waals surface area contributed by atoms with Gasteiger partial charge in [0.05, 0.1) is 5.39 Å². The van der Waals surface area contributed by atoms with E-state index in [4.69, 9.17) is 4.42 Å². The molecule has 7 heteroatoms. The van der Waals surface area contributed by atoms with E-state index in [1.165, 1.54) is 18.2 Å². The first-order valence-corrected chi connectivity index (χ1v) is 5.50. The van der Waals surface area contributed by atoms with Crippen LogP contribution in [-0.2, 0) is 0 Å². The molecule has 0 bridgehead atoms. The molecule has 0 aliphatic heterocycles. The van der Waals surface area contributed by atoms with Gasteiger partial charge in [0.25, 0.3) is 0 Å². The van der Waals surface area contributed by atoms with Crippen molar-refractivity contribution in [1.82, 2.24) is 0 Å². The smallest absolute Gasteiger partial charge is 0.344 e. The van der Waals surface area contributed by atoms with Crippen LogP contribution in [0.25, 0.3) is 21.7 Å². The van der Waals surface area contributed by atoms with Crippen LogP contribution in [0.1, 0.15) is 0 Å². The molecule has 2 aromatic carbocycles. The highest BCUT2D eigenvalue weighted by molar-refractivity contribution is 6.09. The lowest BCUT2D eigenvalue weighted by Gasteiger charge is -2.06. The fraction of sp³-hybridized carbons (Fsp3) is 0. The Bertz CT molecular complexity index is 928. The van der Waals surface area contributed by atoms with Crippen molar-refractivity contribution in [3.63, 3.8) is 0 Å². The van der Waals surface area contributed by atoms with E-state index < -0.39 is 28.6 Å². The Hall–Kier alpha value is -3.09. The van der Waals surface area contributed by atoms with E-state index in [1.807, 2.05) is 0 Å². The van der Waals surface area contributed by atoms with E-state index in [0.717, 1.165) is 6.07 Å². The average Bonchev–Trinajstić information content (AvgIpc) is 2.41. The van der Waals surface area contributed by atoms with E-state index >= 15 is 0 Å². The van der Waals surface area contributed by atoms with Crippen LogP contribution >= 0.6 is 0 Å². The highest BCUT2D eigenvalue weighted by atomic mass is 16.4. The van der Waals surface area contributed by atoms with Crippen LogP contribution in [0, 0.1) is 4.91 Å². The van der Waals surface area contributed by atoms with Crippen molar-refractivity contribution in [3.8, 4) is 17.2 Å². The summed E-state index contributed by atoms with van der Waals surface area (Å²) >= 11 is 0. The number of aromatic hydroxyl groups is 3. The minimum Gasteiger partial charge on any atom is -0.505 e. The van der Waals surface area contributed by atoms with E-state index in [-0.39, 0.29) is 16.4 Å². The number of phenols is 3. The average molecular weight is 273 g/mol. The molecule has 3 N–H and O–H groups in total. The van der Waals surface area contributed by atoms with Gasteiger partial charge in [-0.05, 0) is 29.4 Å². The summed E-state index contributed by atoms with van der Waals surface area (Å²) in [6, 6.07) is 4.88. The lowest BCUT2D eigenvalue weighted by Crippen LogP contribution is -1.99. The molecule has 1 heterocycles. The van der Waals surface area contributed by atoms with Gasteiger partial charge in [0.15, 0.2) is 22.8 Å². The molecular weight excluding hydrogens is 266 g/mol. The van der Waals surface area contributed by atoms with Crippen LogP contribution in [0.5, 0.6) is 17.2 Å². The lowest BCUT2D eigenvalue weighted by atomic mass is 10.1. The first-order chi connectivity index (χ1) is 9.52. The van der Waals surface area contributed by atoms with Crippen LogP contribution in [0.3, 0.4) is 0 Å². The molecule has 1 aromatic heterocycles. The lowest BCUT2D eigenvalue weighted by molar-refractivity contribution is 0.404. The highest BCUT2D eigenvalue weighted by Gasteiger charge is 2.16. The summed E-state index contributed by atoms with van der Waals surface area (Å²) in [4.78, 5) is 22.6. The number of phenolic OH excluding ortho intramolecular Hbond substituents is 3. The Kier molecular flexibility index (Phi) is 2.37. The Balaban J connectivity index is 2.64. The molecule has 0 unspecified atom stereocenters. The van der Waals surface area contributed by atoms with Gasteiger partial charge in [-0.1, -0.05) is 0 Å².